The van der Waals surface area contributed by atoms with E-state index in [1.807, 2.05) is 18.2 Å². The van der Waals surface area contributed by atoms with Crippen LogP contribution in [0.5, 0.6) is 0 Å². The molecule has 0 saturated carbocycles. The van der Waals surface area contributed by atoms with Crippen molar-refractivity contribution in [2.75, 3.05) is 44.2 Å². The highest BCUT2D eigenvalue weighted by molar-refractivity contribution is 5.79. The molecule has 38 heavy (non-hydrogen) atoms. The average molecular weight is 512 g/mol. The van der Waals surface area contributed by atoms with Gasteiger partial charge in [-0.3, -0.25) is 14.3 Å². The highest BCUT2D eigenvalue weighted by Crippen LogP contribution is 2.26. The van der Waals surface area contributed by atoms with Crippen molar-refractivity contribution in [2.45, 2.75) is 26.3 Å². The highest BCUT2D eigenvalue weighted by Gasteiger charge is 2.31. The van der Waals surface area contributed by atoms with Crippen LogP contribution in [0, 0.1) is 18.7 Å². The number of nitrogens with zero attached hydrogens (tertiary/aromatic N) is 5. The number of anilines is 1. The van der Waals surface area contributed by atoms with E-state index >= 15 is 0 Å². The SMILES string of the molecule is Cc1cccc(N2CCN(C(=O)C3CCN(Cc4nc5ccccc5n4-c4ccc(F)cc4)CC3)CC2)c1. The Labute approximate surface area is 223 Å². The van der Waals surface area contributed by atoms with E-state index in [1.54, 1.807) is 12.1 Å². The number of carbonyl (C=O) groups excluding carboxylic acids is 1. The van der Waals surface area contributed by atoms with E-state index in [2.05, 4.69) is 56.5 Å². The Balaban J connectivity index is 1.08. The lowest BCUT2D eigenvalue weighted by Crippen LogP contribution is -2.51. The van der Waals surface area contributed by atoms with Crippen molar-refractivity contribution in [3.8, 4) is 5.69 Å². The van der Waals surface area contributed by atoms with Crippen LogP contribution in [-0.2, 0) is 11.3 Å². The van der Waals surface area contributed by atoms with Gasteiger partial charge in [0.25, 0.3) is 0 Å². The van der Waals surface area contributed by atoms with Crippen molar-refractivity contribution >= 4 is 22.6 Å². The second-order valence-corrected chi connectivity index (χ2v) is 10.5. The maximum absolute atomic E-state index is 13.6. The fraction of sp³-hybridized carbons (Fsp3) is 0.355. The van der Waals surface area contributed by atoms with Crippen LogP contribution in [0.4, 0.5) is 10.1 Å². The number of rotatable bonds is 5. The van der Waals surface area contributed by atoms with Gasteiger partial charge in [-0.05, 0) is 86.9 Å². The molecule has 2 aliphatic rings. The number of aryl methyl sites for hydroxylation is 1. The Hall–Kier alpha value is -3.71. The summed E-state index contributed by atoms with van der Waals surface area (Å²) in [6, 6.07) is 23.3. The van der Waals surface area contributed by atoms with E-state index in [1.165, 1.54) is 23.4 Å². The number of likely N-dealkylation sites (tertiary alicyclic amines) is 1. The molecule has 2 fully saturated rings. The van der Waals surface area contributed by atoms with Gasteiger partial charge < -0.3 is 9.80 Å². The van der Waals surface area contributed by atoms with Gasteiger partial charge in [-0.2, -0.15) is 0 Å². The molecule has 196 valence electrons. The number of imidazole rings is 1. The molecule has 2 aliphatic heterocycles. The van der Waals surface area contributed by atoms with Crippen LogP contribution in [0.25, 0.3) is 16.7 Å². The normalized spacial score (nSPS) is 17.3. The van der Waals surface area contributed by atoms with Crippen LogP contribution in [0.2, 0.25) is 0 Å². The van der Waals surface area contributed by atoms with Crippen molar-refractivity contribution in [1.29, 1.82) is 0 Å². The predicted molar refractivity (Wildman–Crippen MR) is 149 cm³/mol. The molecule has 0 N–H and O–H groups in total. The number of aromatic nitrogens is 2. The lowest BCUT2D eigenvalue weighted by atomic mass is 9.95. The van der Waals surface area contributed by atoms with Crippen LogP contribution in [0.3, 0.4) is 0 Å². The summed E-state index contributed by atoms with van der Waals surface area (Å²) in [6.07, 6.45) is 1.74. The summed E-state index contributed by atoms with van der Waals surface area (Å²) in [5, 5.41) is 0. The van der Waals surface area contributed by atoms with Gasteiger partial charge >= 0.3 is 0 Å². The van der Waals surface area contributed by atoms with E-state index in [9.17, 15) is 9.18 Å². The summed E-state index contributed by atoms with van der Waals surface area (Å²) in [6.45, 7) is 7.89. The van der Waals surface area contributed by atoms with E-state index in [-0.39, 0.29) is 11.7 Å². The van der Waals surface area contributed by atoms with Gasteiger partial charge in [-0.25, -0.2) is 9.37 Å². The van der Waals surface area contributed by atoms with Gasteiger partial charge in [0.05, 0.1) is 17.6 Å². The third kappa shape index (κ3) is 5.03. The summed E-state index contributed by atoms with van der Waals surface area (Å²) in [5.74, 6) is 1.10. The van der Waals surface area contributed by atoms with Crippen molar-refractivity contribution in [1.82, 2.24) is 19.4 Å². The molecule has 2 saturated heterocycles. The number of hydrogen-bond donors (Lipinski definition) is 0. The quantitative estimate of drug-likeness (QED) is 0.377. The van der Waals surface area contributed by atoms with Crippen LogP contribution in [0.15, 0.2) is 72.8 Å². The largest absolute Gasteiger partial charge is 0.368 e. The van der Waals surface area contributed by atoms with Crippen molar-refractivity contribution in [2.24, 2.45) is 5.92 Å². The van der Waals surface area contributed by atoms with E-state index in [0.717, 1.165) is 74.7 Å². The number of piperazine rings is 1. The average Bonchev–Trinajstić information content (AvgIpc) is 3.31. The maximum Gasteiger partial charge on any atom is 0.225 e. The second-order valence-electron chi connectivity index (χ2n) is 10.5. The molecule has 0 unspecified atom stereocenters. The zero-order chi connectivity index (χ0) is 26.1. The zero-order valence-electron chi connectivity index (χ0n) is 21.9. The van der Waals surface area contributed by atoms with Gasteiger partial charge in [-0.15, -0.1) is 0 Å². The Morgan fingerprint density at radius 1 is 0.868 bits per heavy atom. The van der Waals surface area contributed by atoms with Gasteiger partial charge in [0.15, 0.2) is 0 Å². The number of halogens is 1. The standard InChI is InChI=1S/C31H34FN5O/c1-23-5-4-6-27(21-23)35-17-19-36(20-18-35)31(38)24-13-15-34(16-14-24)22-30-33-28-7-2-3-8-29(28)37(30)26-11-9-25(32)10-12-26/h2-12,21,24H,13-20,22H2,1H3. The molecule has 0 spiro atoms. The fourth-order valence-electron chi connectivity index (χ4n) is 5.87. The third-order valence-corrected chi connectivity index (χ3v) is 7.98. The van der Waals surface area contributed by atoms with Crippen LogP contribution < -0.4 is 4.90 Å². The summed E-state index contributed by atoms with van der Waals surface area (Å²) < 4.78 is 15.7. The number of piperidine rings is 1. The molecule has 6 rings (SSSR count). The molecule has 0 aliphatic carbocycles. The lowest BCUT2D eigenvalue weighted by molar-refractivity contribution is -0.137. The Bertz CT molecular complexity index is 1420. The molecule has 4 aromatic rings. The summed E-state index contributed by atoms with van der Waals surface area (Å²) >= 11 is 0. The zero-order valence-corrected chi connectivity index (χ0v) is 21.9. The number of hydrogen-bond acceptors (Lipinski definition) is 4. The first kappa shape index (κ1) is 24.6. The number of carbonyl (C=O) groups is 1. The maximum atomic E-state index is 13.6. The Kier molecular flexibility index (Phi) is 6.85. The summed E-state index contributed by atoms with van der Waals surface area (Å²) in [5.41, 5.74) is 5.37. The van der Waals surface area contributed by atoms with Crippen molar-refractivity contribution in [3.63, 3.8) is 0 Å². The first-order valence-electron chi connectivity index (χ1n) is 13.6. The molecular formula is C31H34FN5O. The molecule has 3 aromatic carbocycles. The number of para-hydroxylation sites is 2. The number of fused-ring (bicyclic) bond motifs is 1. The van der Waals surface area contributed by atoms with Gasteiger partial charge in [0.2, 0.25) is 5.91 Å². The Morgan fingerprint density at radius 2 is 1.61 bits per heavy atom. The molecule has 1 aromatic heterocycles. The van der Waals surface area contributed by atoms with Gasteiger partial charge in [0, 0.05) is 43.5 Å². The smallest absolute Gasteiger partial charge is 0.225 e. The third-order valence-electron chi connectivity index (χ3n) is 7.98. The summed E-state index contributed by atoms with van der Waals surface area (Å²) in [4.78, 5) is 25.1. The van der Waals surface area contributed by atoms with Crippen molar-refractivity contribution < 1.29 is 9.18 Å². The first-order valence-corrected chi connectivity index (χ1v) is 13.6. The van der Waals surface area contributed by atoms with Gasteiger partial charge in [0.1, 0.15) is 11.6 Å². The van der Waals surface area contributed by atoms with Gasteiger partial charge in [-0.1, -0.05) is 24.3 Å². The molecule has 6 nitrogen and oxygen atoms in total. The topological polar surface area (TPSA) is 44.6 Å². The highest BCUT2D eigenvalue weighted by atomic mass is 19.1. The molecular weight excluding hydrogens is 477 g/mol. The molecule has 0 bridgehead atoms. The Morgan fingerprint density at radius 3 is 2.34 bits per heavy atom. The lowest BCUT2D eigenvalue weighted by Gasteiger charge is -2.39. The number of amides is 1. The first-order chi connectivity index (χ1) is 18.5. The van der Waals surface area contributed by atoms with Crippen LogP contribution in [0.1, 0.15) is 24.2 Å². The summed E-state index contributed by atoms with van der Waals surface area (Å²) in [7, 11) is 0. The second kappa shape index (κ2) is 10.6. The van der Waals surface area contributed by atoms with E-state index in [4.69, 9.17) is 4.98 Å². The van der Waals surface area contributed by atoms with E-state index < -0.39 is 0 Å². The van der Waals surface area contributed by atoms with E-state index in [0.29, 0.717) is 12.5 Å². The van der Waals surface area contributed by atoms with Crippen LogP contribution >= 0.6 is 0 Å². The molecule has 1 amide bonds. The predicted octanol–water partition coefficient (Wildman–Crippen LogP) is 5.03. The molecule has 0 atom stereocenters. The van der Waals surface area contributed by atoms with Crippen LogP contribution in [-0.4, -0.2) is 64.5 Å². The minimum absolute atomic E-state index is 0.0904. The molecule has 3 heterocycles. The number of benzene rings is 3. The molecule has 7 heteroatoms. The minimum Gasteiger partial charge on any atom is -0.368 e. The monoisotopic (exact) mass is 511 g/mol. The fourth-order valence-corrected chi connectivity index (χ4v) is 5.87. The molecule has 0 radical (unpaired) electrons. The van der Waals surface area contributed by atoms with Crippen molar-refractivity contribution in [3.05, 3.63) is 90.0 Å². The minimum atomic E-state index is -0.247.